The number of hydrazone groups is 1. The van der Waals surface area contributed by atoms with Crippen LogP contribution in [0.4, 0.5) is 0 Å². The number of para-hydroxylation sites is 1. The van der Waals surface area contributed by atoms with Gasteiger partial charge in [-0.25, -0.2) is 5.43 Å². The molecule has 3 aromatic carbocycles. The number of benzene rings is 3. The summed E-state index contributed by atoms with van der Waals surface area (Å²) in [7, 11) is 0. The van der Waals surface area contributed by atoms with E-state index < -0.39 is 0 Å². The highest BCUT2D eigenvalue weighted by Gasteiger charge is 2.09. The average Bonchev–Trinajstić information content (AvgIpc) is 3.13. The third kappa shape index (κ3) is 5.82. The molecule has 1 aromatic heterocycles. The van der Waals surface area contributed by atoms with Crippen molar-refractivity contribution < 1.29 is 4.79 Å². The second kappa shape index (κ2) is 10.8. The fourth-order valence-electron chi connectivity index (χ4n) is 3.73. The van der Waals surface area contributed by atoms with Crippen molar-refractivity contribution in [2.75, 3.05) is 0 Å². The van der Waals surface area contributed by atoms with Crippen LogP contribution < -0.4 is 5.43 Å². The molecule has 0 bridgehead atoms. The lowest BCUT2D eigenvalue weighted by atomic mass is 10.1. The van der Waals surface area contributed by atoms with Crippen molar-refractivity contribution in [1.29, 1.82) is 0 Å². The van der Waals surface area contributed by atoms with Gasteiger partial charge >= 0.3 is 0 Å². The Bertz CT molecular complexity index is 1230. The number of nitrogens with one attached hydrogen (secondary N) is 1. The van der Waals surface area contributed by atoms with Crippen LogP contribution in [0.25, 0.3) is 5.69 Å². The van der Waals surface area contributed by atoms with Gasteiger partial charge in [0.05, 0.1) is 6.21 Å². The van der Waals surface area contributed by atoms with E-state index in [2.05, 4.69) is 71.4 Å². The fourth-order valence-corrected chi connectivity index (χ4v) is 4.69. The standard InChI is InChI=1S/C28H27N3OS/c1-21-17-26(22(2)31(21)27-11-7-4-8-12-27)18-29-30-28(32)25-15-13-24(14-16-25)20-33-19-23-9-5-3-6-10-23/h3-18H,19-20H2,1-2H3,(H,30,32)/b29-18-. The Labute approximate surface area is 199 Å². The lowest BCUT2D eigenvalue weighted by Crippen LogP contribution is -2.17. The molecule has 0 aliphatic carbocycles. The molecule has 0 saturated carbocycles. The van der Waals surface area contributed by atoms with Gasteiger partial charge in [-0.05, 0) is 55.3 Å². The van der Waals surface area contributed by atoms with Gasteiger partial charge in [-0.3, -0.25) is 4.79 Å². The lowest BCUT2D eigenvalue weighted by molar-refractivity contribution is 0.0955. The highest BCUT2D eigenvalue weighted by molar-refractivity contribution is 7.97. The van der Waals surface area contributed by atoms with Crippen molar-refractivity contribution in [2.24, 2.45) is 5.10 Å². The maximum absolute atomic E-state index is 12.5. The summed E-state index contributed by atoms with van der Waals surface area (Å²) in [6.45, 7) is 4.12. The van der Waals surface area contributed by atoms with Crippen LogP contribution in [0.1, 0.15) is 38.4 Å². The molecule has 4 aromatic rings. The molecule has 0 aliphatic rings. The van der Waals surface area contributed by atoms with E-state index >= 15 is 0 Å². The SMILES string of the molecule is Cc1cc(/C=N\NC(=O)c2ccc(CSCc3ccccc3)cc2)c(C)n1-c1ccccc1. The Balaban J connectivity index is 1.32. The number of aromatic nitrogens is 1. The van der Waals surface area contributed by atoms with Crippen LogP contribution in [0.15, 0.2) is 96.1 Å². The Morgan fingerprint density at radius 3 is 2.15 bits per heavy atom. The number of thioether (sulfide) groups is 1. The fraction of sp³-hybridized carbons (Fsp3) is 0.143. The summed E-state index contributed by atoms with van der Waals surface area (Å²) in [6, 6.07) is 30.4. The first-order valence-corrected chi connectivity index (χ1v) is 12.1. The van der Waals surface area contributed by atoms with Crippen LogP contribution in [-0.2, 0) is 11.5 Å². The van der Waals surface area contributed by atoms with Crippen LogP contribution in [0.5, 0.6) is 0 Å². The van der Waals surface area contributed by atoms with Crippen LogP contribution in [0.2, 0.25) is 0 Å². The van der Waals surface area contributed by atoms with Gasteiger partial charge in [0.25, 0.3) is 5.91 Å². The largest absolute Gasteiger partial charge is 0.318 e. The van der Waals surface area contributed by atoms with Gasteiger partial charge in [0, 0.05) is 39.7 Å². The maximum atomic E-state index is 12.5. The molecule has 1 N–H and O–H groups in total. The van der Waals surface area contributed by atoms with Crippen molar-refractivity contribution in [3.8, 4) is 5.69 Å². The summed E-state index contributed by atoms with van der Waals surface area (Å²) in [5, 5.41) is 4.19. The summed E-state index contributed by atoms with van der Waals surface area (Å²) in [6.07, 6.45) is 1.70. The van der Waals surface area contributed by atoms with Crippen LogP contribution >= 0.6 is 11.8 Å². The van der Waals surface area contributed by atoms with E-state index in [4.69, 9.17) is 0 Å². The molecule has 0 spiro atoms. The van der Waals surface area contributed by atoms with E-state index in [1.165, 1.54) is 11.1 Å². The van der Waals surface area contributed by atoms with E-state index in [1.54, 1.807) is 6.21 Å². The normalized spacial score (nSPS) is 11.1. The first kappa shape index (κ1) is 22.6. The molecule has 0 radical (unpaired) electrons. The number of hydrogen-bond donors (Lipinski definition) is 1. The van der Waals surface area contributed by atoms with Gasteiger partial charge in [0.2, 0.25) is 0 Å². The Morgan fingerprint density at radius 2 is 1.48 bits per heavy atom. The average molecular weight is 454 g/mol. The molecule has 1 heterocycles. The monoisotopic (exact) mass is 453 g/mol. The van der Waals surface area contributed by atoms with E-state index in [1.807, 2.05) is 60.3 Å². The minimum atomic E-state index is -0.216. The number of carbonyl (C=O) groups excluding carboxylic acids is 1. The van der Waals surface area contributed by atoms with Crippen molar-refractivity contribution in [1.82, 2.24) is 9.99 Å². The van der Waals surface area contributed by atoms with Gasteiger partial charge in [0.15, 0.2) is 0 Å². The molecular formula is C28H27N3OS. The molecule has 4 rings (SSSR count). The molecule has 0 saturated heterocycles. The zero-order valence-corrected chi connectivity index (χ0v) is 19.7. The second-order valence-electron chi connectivity index (χ2n) is 7.87. The lowest BCUT2D eigenvalue weighted by Gasteiger charge is -2.09. The molecule has 5 heteroatoms. The summed E-state index contributed by atoms with van der Waals surface area (Å²) in [4.78, 5) is 12.5. The van der Waals surface area contributed by atoms with Gasteiger partial charge in [0.1, 0.15) is 0 Å². The zero-order chi connectivity index (χ0) is 23.0. The third-order valence-corrected chi connectivity index (χ3v) is 6.53. The number of carbonyl (C=O) groups is 1. The second-order valence-corrected chi connectivity index (χ2v) is 8.86. The van der Waals surface area contributed by atoms with E-state index in [-0.39, 0.29) is 5.91 Å². The summed E-state index contributed by atoms with van der Waals surface area (Å²) < 4.78 is 2.18. The van der Waals surface area contributed by atoms with E-state index in [0.717, 1.165) is 34.1 Å². The topological polar surface area (TPSA) is 46.4 Å². The van der Waals surface area contributed by atoms with Crippen LogP contribution in [0.3, 0.4) is 0 Å². The van der Waals surface area contributed by atoms with Crippen LogP contribution in [0, 0.1) is 13.8 Å². The van der Waals surface area contributed by atoms with Gasteiger partial charge in [-0.1, -0.05) is 60.7 Å². The minimum Gasteiger partial charge on any atom is -0.318 e. The van der Waals surface area contributed by atoms with E-state index in [0.29, 0.717) is 5.56 Å². The highest BCUT2D eigenvalue weighted by Crippen LogP contribution is 2.20. The molecule has 0 atom stereocenters. The van der Waals surface area contributed by atoms with Gasteiger partial charge in [-0.2, -0.15) is 16.9 Å². The molecule has 4 nitrogen and oxygen atoms in total. The van der Waals surface area contributed by atoms with Gasteiger partial charge < -0.3 is 4.57 Å². The van der Waals surface area contributed by atoms with Crippen molar-refractivity contribution >= 4 is 23.9 Å². The number of amides is 1. The Morgan fingerprint density at radius 1 is 0.879 bits per heavy atom. The van der Waals surface area contributed by atoms with Crippen molar-refractivity contribution in [3.05, 3.63) is 125 Å². The molecule has 33 heavy (non-hydrogen) atoms. The zero-order valence-electron chi connectivity index (χ0n) is 18.9. The van der Waals surface area contributed by atoms with Crippen molar-refractivity contribution in [3.63, 3.8) is 0 Å². The van der Waals surface area contributed by atoms with Crippen molar-refractivity contribution in [2.45, 2.75) is 25.4 Å². The first-order valence-electron chi connectivity index (χ1n) is 10.9. The Hall–Kier alpha value is -3.57. The highest BCUT2D eigenvalue weighted by atomic mass is 32.2. The van der Waals surface area contributed by atoms with E-state index in [9.17, 15) is 4.79 Å². The number of hydrogen-bond acceptors (Lipinski definition) is 3. The minimum absolute atomic E-state index is 0.216. The predicted molar refractivity (Wildman–Crippen MR) is 138 cm³/mol. The smallest absolute Gasteiger partial charge is 0.271 e. The summed E-state index contributed by atoms with van der Waals surface area (Å²) >= 11 is 1.86. The summed E-state index contributed by atoms with van der Waals surface area (Å²) in [5.74, 6) is 1.67. The Kier molecular flexibility index (Phi) is 7.43. The van der Waals surface area contributed by atoms with Gasteiger partial charge in [-0.15, -0.1) is 0 Å². The quantitative estimate of drug-likeness (QED) is 0.252. The molecule has 166 valence electrons. The number of nitrogens with zero attached hydrogens (tertiary/aromatic N) is 2. The molecular weight excluding hydrogens is 426 g/mol. The van der Waals surface area contributed by atoms with Crippen LogP contribution in [-0.4, -0.2) is 16.7 Å². The maximum Gasteiger partial charge on any atom is 0.271 e. The first-order chi connectivity index (χ1) is 16.1. The number of rotatable bonds is 8. The molecule has 0 unspecified atom stereocenters. The number of aryl methyl sites for hydroxylation is 1. The molecule has 0 aliphatic heterocycles. The predicted octanol–water partition coefficient (Wildman–Crippen LogP) is 6.29. The molecule has 0 fully saturated rings. The molecule has 1 amide bonds. The summed E-state index contributed by atoms with van der Waals surface area (Å²) in [5.41, 5.74) is 10.0. The third-order valence-electron chi connectivity index (χ3n) is 5.45.